The molecule has 0 amide bonds. The first-order chi connectivity index (χ1) is 13.3. The average Bonchev–Trinajstić information content (AvgIpc) is 2.95. The fraction of sp³-hybridized carbons (Fsp3) is 0.917. The van der Waals surface area contributed by atoms with Crippen LogP contribution in [0.3, 0.4) is 0 Å². The van der Waals surface area contributed by atoms with E-state index in [1.807, 2.05) is 0 Å². The van der Waals surface area contributed by atoms with Crippen molar-refractivity contribution >= 4 is 0 Å². The summed E-state index contributed by atoms with van der Waals surface area (Å²) in [7, 11) is 2.36. The van der Waals surface area contributed by atoms with E-state index in [1.165, 1.54) is 19.3 Å². The summed E-state index contributed by atoms with van der Waals surface area (Å²) < 4.78 is 6.64. The van der Waals surface area contributed by atoms with Crippen LogP contribution in [0.5, 0.6) is 0 Å². The highest BCUT2D eigenvalue weighted by Crippen LogP contribution is 2.65. The molecule has 5 aliphatic rings. The second-order valence-electron chi connectivity index (χ2n) is 11.5. The molecule has 3 saturated carbocycles. The van der Waals surface area contributed by atoms with E-state index in [-0.39, 0.29) is 47.0 Å². The number of fused-ring (bicyclic) bond motifs is 5. The van der Waals surface area contributed by atoms with Gasteiger partial charge in [0.25, 0.3) is 0 Å². The topological polar surface area (TPSA) is 49.7 Å². The predicted molar refractivity (Wildman–Crippen MR) is 110 cm³/mol. The largest absolute Gasteiger partial charge is 1.00 e. The zero-order valence-corrected chi connectivity index (χ0v) is 20.6. The number of aliphatic hydroxyl groups is 2. The molecule has 1 saturated heterocycles. The van der Waals surface area contributed by atoms with Crippen LogP contribution in [0.1, 0.15) is 58.8 Å². The van der Waals surface area contributed by atoms with E-state index in [2.05, 4.69) is 27.0 Å². The van der Waals surface area contributed by atoms with Crippen molar-refractivity contribution in [1.29, 1.82) is 0 Å². The van der Waals surface area contributed by atoms with Gasteiger partial charge in [0.1, 0.15) is 25.2 Å². The third-order valence-corrected chi connectivity index (χ3v) is 10.3. The van der Waals surface area contributed by atoms with E-state index in [4.69, 9.17) is 4.74 Å². The molecule has 1 aliphatic heterocycles. The van der Waals surface area contributed by atoms with Gasteiger partial charge in [-0.3, -0.25) is 0 Å². The Morgan fingerprint density at radius 1 is 1.07 bits per heavy atom. The molecule has 29 heavy (non-hydrogen) atoms. The highest BCUT2D eigenvalue weighted by molar-refractivity contribution is 5.25. The first-order valence-corrected chi connectivity index (χ1v) is 11.8. The van der Waals surface area contributed by atoms with Crippen molar-refractivity contribution in [3.8, 4) is 0 Å². The van der Waals surface area contributed by atoms with Crippen molar-refractivity contribution < 1.29 is 43.4 Å². The maximum absolute atomic E-state index is 11.6. The van der Waals surface area contributed by atoms with Crippen LogP contribution in [0.25, 0.3) is 0 Å². The smallest absolute Gasteiger partial charge is 0.116 e. The van der Waals surface area contributed by atoms with E-state index >= 15 is 0 Å². The van der Waals surface area contributed by atoms with Crippen LogP contribution in [-0.4, -0.2) is 66.3 Å². The Hall–Kier alpha value is 0.310. The number of halogens is 1. The number of aliphatic hydroxyl groups excluding tert-OH is 2. The summed E-state index contributed by atoms with van der Waals surface area (Å²) in [5.74, 6) is 2.07. The zero-order chi connectivity index (χ0) is 19.7. The first-order valence-electron chi connectivity index (χ1n) is 11.8. The molecule has 0 aromatic rings. The Bertz CT molecular complexity index is 663. The number of hydrogen-bond donors (Lipinski definition) is 2. The number of rotatable bonds is 1. The Kier molecular flexibility index (Phi) is 5.99. The summed E-state index contributed by atoms with van der Waals surface area (Å²) in [6.07, 6.45) is 9.92. The minimum atomic E-state index is -0.187. The van der Waals surface area contributed by atoms with Gasteiger partial charge in [0.2, 0.25) is 0 Å². The lowest BCUT2D eigenvalue weighted by molar-refractivity contribution is -0.943. The van der Waals surface area contributed by atoms with E-state index in [9.17, 15) is 10.2 Å². The molecule has 0 spiro atoms. The number of morpholine rings is 1. The lowest BCUT2D eigenvalue weighted by Crippen LogP contribution is -3.00. The van der Waals surface area contributed by atoms with Crippen LogP contribution in [0.2, 0.25) is 0 Å². The predicted octanol–water partition coefficient (Wildman–Crippen LogP) is 0.130. The standard InChI is InChI=1S/C24H40NO3.HI/c1-23-8-6-17(26)14-16(23)4-5-18-19(23)7-9-24(2)20(18)15-21(22(24)27)25(3)10-12-28-13-11-25;/h4,17-22,26-27H,5-15H2,1-3H3;1H/q+1;/p-1/t17-,18+,19-,20-,21-,22-,23-,24-;/m0./s1. The highest BCUT2D eigenvalue weighted by atomic mass is 127. The molecule has 0 bridgehead atoms. The second-order valence-corrected chi connectivity index (χ2v) is 11.5. The number of quaternary nitrogens is 1. The first kappa shape index (κ1) is 22.5. The van der Waals surface area contributed by atoms with Crippen LogP contribution in [-0.2, 0) is 4.74 Å². The Morgan fingerprint density at radius 2 is 1.79 bits per heavy atom. The van der Waals surface area contributed by atoms with E-state index in [1.54, 1.807) is 5.57 Å². The summed E-state index contributed by atoms with van der Waals surface area (Å²) in [4.78, 5) is 0. The molecule has 1 heterocycles. The number of nitrogens with zero attached hydrogens (tertiary/aromatic N) is 1. The number of ether oxygens (including phenoxy) is 1. The molecule has 4 nitrogen and oxygen atoms in total. The normalized spacial score (nSPS) is 51.1. The number of allylic oxidation sites excluding steroid dienone is 1. The zero-order valence-electron chi connectivity index (χ0n) is 18.4. The molecule has 5 rings (SSSR count). The van der Waals surface area contributed by atoms with Gasteiger partial charge in [-0.2, -0.15) is 0 Å². The van der Waals surface area contributed by atoms with E-state index in [0.717, 1.165) is 62.4 Å². The Balaban J connectivity index is 0.00000205. The minimum absolute atomic E-state index is 0. The molecule has 4 aliphatic carbocycles. The maximum Gasteiger partial charge on any atom is 0.116 e. The lowest BCUT2D eigenvalue weighted by atomic mass is 9.48. The third-order valence-electron chi connectivity index (χ3n) is 10.3. The SMILES string of the molecule is C[C@]12CC[C@H]3[C@@H](CC=C4C[C@@H](O)CC[C@@]43C)[C@@H]1C[C@H]([N+]1(C)CCOCC1)[C@@H]2O.[I-]. The van der Waals surface area contributed by atoms with Gasteiger partial charge in [-0.25, -0.2) is 0 Å². The average molecular weight is 517 g/mol. The maximum atomic E-state index is 11.6. The Morgan fingerprint density at radius 3 is 2.52 bits per heavy atom. The molecular formula is C24H40INO3. The van der Waals surface area contributed by atoms with Crippen molar-refractivity contribution in [3.05, 3.63) is 11.6 Å². The molecule has 2 N–H and O–H groups in total. The van der Waals surface area contributed by atoms with Crippen molar-refractivity contribution in [2.75, 3.05) is 33.4 Å². The third kappa shape index (κ3) is 3.28. The van der Waals surface area contributed by atoms with Crippen LogP contribution >= 0.6 is 0 Å². The highest BCUT2D eigenvalue weighted by Gasteiger charge is 2.64. The van der Waals surface area contributed by atoms with Gasteiger partial charge in [-0.1, -0.05) is 25.5 Å². The summed E-state index contributed by atoms with van der Waals surface area (Å²) in [5, 5.41) is 21.8. The van der Waals surface area contributed by atoms with Crippen molar-refractivity contribution in [3.63, 3.8) is 0 Å². The number of hydrogen-bond acceptors (Lipinski definition) is 3. The lowest BCUT2D eigenvalue weighted by Gasteiger charge is -2.57. The molecule has 166 valence electrons. The molecular weight excluding hydrogens is 477 g/mol. The molecule has 0 aromatic carbocycles. The van der Waals surface area contributed by atoms with Crippen molar-refractivity contribution in [2.24, 2.45) is 28.6 Å². The van der Waals surface area contributed by atoms with Crippen LogP contribution in [0.15, 0.2) is 11.6 Å². The van der Waals surface area contributed by atoms with Gasteiger partial charge < -0.3 is 43.4 Å². The molecule has 0 unspecified atom stereocenters. The minimum Gasteiger partial charge on any atom is -1.00 e. The van der Waals surface area contributed by atoms with Gasteiger partial charge in [0.05, 0.1) is 26.4 Å². The molecule has 4 fully saturated rings. The number of likely N-dealkylation sites (N-methyl/N-ethyl adjacent to an activating group) is 1. The second kappa shape index (κ2) is 7.72. The quantitative estimate of drug-likeness (QED) is 0.296. The summed E-state index contributed by atoms with van der Waals surface area (Å²) in [6, 6.07) is 0.365. The van der Waals surface area contributed by atoms with Gasteiger partial charge in [0, 0.05) is 11.8 Å². The summed E-state index contributed by atoms with van der Waals surface area (Å²) >= 11 is 0. The van der Waals surface area contributed by atoms with Gasteiger partial charge in [-0.05, 0) is 61.7 Å². The van der Waals surface area contributed by atoms with Crippen molar-refractivity contribution in [2.45, 2.75) is 77.0 Å². The van der Waals surface area contributed by atoms with Crippen LogP contribution in [0.4, 0.5) is 0 Å². The van der Waals surface area contributed by atoms with E-state index in [0.29, 0.717) is 17.9 Å². The van der Waals surface area contributed by atoms with Crippen molar-refractivity contribution in [1.82, 2.24) is 0 Å². The molecule has 8 atom stereocenters. The fourth-order valence-corrected chi connectivity index (χ4v) is 8.32. The van der Waals surface area contributed by atoms with Gasteiger partial charge in [-0.15, -0.1) is 0 Å². The van der Waals surface area contributed by atoms with Crippen LogP contribution < -0.4 is 24.0 Å². The fourth-order valence-electron chi connectivity index (χ4n) is 8.32. The van der Waals surface area contributed by atoms with Gasteiger partial charge >= 0.3 is 0 Å². The van der Waals surface area contributed by atoms with Crippen LogP contribution in [0, 0.1) is 28.6 Å². The Labute approximate surface area is 193 Å². The molecule has 5 heteroatoms. The van der Waals surface area contributed by atoms with E-state index < -0.39 is 0 Å². The van der Waals surface area contributed by atoms with Gasteiger partial charge in [0.15, 0.2) is 0 Å². The summed E-state index contributed by atoms with van der Waals surface area (Å²) in [5.41, 5.74) is 1.89. The molecule has 0 radical (unpaired) electrons. The monoisotopic (exact) mass is 517 g/mol. The summed E-state index contributed by atoms with van der Waals surface area (Å²) in [6.45, 7) is 8.64. The molecule has 0 aromatic heterocycles.